The van der Waals surface area contributed by atoms with Gasteiger partial charge in [0.2, 0.25) is 0 Å². The zero-order chi connectivity index (χ0) is 12.4. The lowest BCUT2D eigenvalue weighted by atomic mass is 10.1. The molecule has 0 amide bonds. The summed E-state index contributed by atoms with van der Waals surface area (Å²) in [5, 5.41) is 1.26. The lowest BCUT2D eigenvalue weighted by molar-refractivity contribution is -0.139. The number of benzene rings is 1. The highest BCUT2D eigenvalue weighted by Gasteiger charge is 2.16. The number of aromatic amines is 1. The van der Waals surface area contributed by atoms with E-state index in [-0.39, 0.29) is 12.2 Å². The van der Waals surface area contributed by atoms with E-state index < -0.39 is 5.97 Å². The second-order valence-electron chi connectivity index (χ2n) is 3.57. The predicted octanol–water partition coefficient (Wildman–Crippen LogP) is 2.57. The molecule has 1 N–H and O–H groups in total. The molecule has 5 heteroatoms. The van der Waals surface area contributed by atoms with Gasteiger partial charge in [-0.25, -0.2) is 0 Å². The van der Waals surface area contributed by atoms with Crippen molar-refractivity contribution in [3.8, 4) is 0 Å². The average Bonchev–Trinajstić information content (AvgIpc) is 2.71. The summed E-state index contributed by atoms with van der Waals surface area (Å²) in [6.45, 7) is 0. The van der Waals surface area contributed by atoms with Crippen molar-refractivity contribution >= 4 is 34.3 Å². The summed E-state index contributed by atoms with van der Waals surface area (Å²) in [5.41, 5.74) is 1.26. The van der Waals surface area contributed by atoms with Gasteiger partial charge in [0.1, 0.15) is 6.42 Å². The van der Waals surface area contributed by atoms with Gasteiger partial charge in [-0.05, 0) is 18.2 Å². The van der Waals surface area contributed by atoms with Gasteiger partial charge in [-0.1, -0.05) is 11.6 Å². The van der Waals surface area contributed by atoms with Gasteiger partial charge in [0.05, 0.1) is 7.11 Å². The van der Waals surface area contributed by atoms with E-state index >= 15 is 0 Å². The van der Waals surface area contributed by atoms with E-state index in [2.05, 4.69) is 9.72 Å². The summed E-state index contributed by atoms with van der Waals surface area (Å²) in [6.07, 6.45) is 1.31. The third-order valence-corrected chi connectivity index (χ3v) is 2.71. The second-order valence-corrected chi connectivity index (χ2v) is 4.00. The van der Waals surface area contributed by atoms with E-state index in [1.54, 1.807) is 24.4 Å². The number of carbonyl (C=O) groups excluding carboxylic acids is 2. The molecule has 0 aliphatic heterocycles. The Labute approximate surface area is 103 Å². The summed E-state index contributed by atoms with van der Waals surface area (Å²) in [7, 11) is 1.25. The fraction of sp³-hybridized carbons (Fsp3) is 0.167. The molecule has 0 aliphatic rings. The summed E-state index contributed by atoms with van der Waals surface area (Å²) < 4.78 is 4.46. The number of carbonyl (C=O) groups is 2. The highest BCUT2D eigenvalue weighted by Crippen LogP contribution is 2.23. The lowest BCUT2D eigenvalue weighted by Crippen LogP contribution is -2.09. The standard InChI is InChI=1S/C12H10ClNO3/c1-17-12(16)5-11(15)9-6-14-10-3-2-7(13)4-8(9)10/h2-4,6,14H,5H2,1H3. The number of H-pyrrole nitrogens is 1. The molecule has 0 spiro atoms. The SMILES string of the molecule is COC(=O)CC(=O)c1c[nH]c2ccc(Cl)cc12. The van der Waals surface area contributed by atoms with Crippen LogP contribution in [0.25, 0.3) is 10.9 Å². The third-order valence-electron chi connectivity index (χ3n) is 2.48. The molecule has 2 aromatic rings. The van der Waals surface area contributed by atoms with Crippen LogP contribution in [0.3, 0.4) is 0 Å². The Kier molecular flexibility index (Phi) is 3.15. The van der Waals surface area contributed by atoms with Crippen molar-refractivity contribution < 1.29 is 14.3 Å². The van der Waals surface area contributed by atoms with Gasteiger partial charge in [-0.2, -0.15) is 0 Å². The number of aromatic nitrogens is 1. The first-order valence-corrected chi connectivity index (χ1v) is 5.36. The smallest absolute Gasteiger partial charge is 0.313 e. The number of esters is 1. The maximum absolute atomic E-state index is 11.8. The number of halogens is 1. The van der Waals surface area contributed by atoms with E-state index in [0.717, 1.165) is 5.52 Å². The zero-order valence-electron chi connectivity index (χ0n) is 9.12. The molecule has 4 nitrogen and oxygen atoms in total. The fourth-order valence-corrected chi connectivity index (χ4v) is 1.79. The Morgan fingerprint density at radius 3 is 2.88 bits per heavy atom. The highest BCUT2D eigenvalue weighted by atomic mass is 35.5. The van der Waals surface area contributed by atoms with Crippen LogP contribution in [0.4, 0.5) is 0 Å². The van der Waals surface area contributed by atoms with Crippen molar-refractivity contribution in [1.82, 2.24) is 4.98 Å². The molecule has 2 rings (SSSR count). The highest BCUT2D eigenvalue weighted by molar-refractivity contribution is 6.31. The van der Waals surface area contributed by atoms with Gasteiger partial charge in [0.15, 0.2) is 5.78 Å². The van der Waals surface area contributed by atoms with Gasteiger partial charge >= 0.3 is 5.97 Å². The van der Waals surface area contributed by atoms with E-state index in [1.165, 1.54) is 7.11 Å². The largest absolute Gasteiger partial charge is 0.469 e. The van der Waals surface area contributed by atoms with Crippen LogP contribution in [-0.4, -0.2) is 23.8 Å². The Morgan fingerprint density at radius 2 is 2.18 bits per heavy atom. The number of fused-ring (bicyclic) bond motifs is 1. The van der Waals surface area contributed by atoms with Crippen LogP contribution >= 0.6 is 11.6 Å². The van der Waals surface area contributed by atoms with Crippen LogP contribution in [-0.2, 0) is 9.53 Å². The van der Waals surface area contributed by atoms with E-state index in [9.17, 15) is 9.59 Å². The monoisotopic (exact) mass is 251 g/mol. The minimum absolute atomic E-state index is 0.268. The Bertz CT molecular complexity index is 588. The normalized spacial score (nSPS) is 10.5. The van der Waals surface area contributed by atoms with Crippen molar-refractivity contribution in [2.75, 3.05) is 7.11 Å². The molecule has 0 bridgehead atoms. The van der Waals surface area contributed by atoms with Gasteiger partial charge in [-0.3, -0.25) is 9.59 Å². The minimum Gasteiger partial charge on any atom is -0.469 e. The molecule has 0 radical (unpaired) electrons. The maximum Gasteiger partial charge on any atom is 0.313 e. The van der Waals surface area contributed by atoms with Crippen LogP contribution in [0.1, 0.15) is 16.8 Å². The number of hydrogen-bond acceptors (Lipinski definition) is 3. The van der Waals surface area contributed by atoms with Crippen molar-refractivity contribution in [3.63, 3.8) is 0 Å². The summed E-state index contributed by atoms with van der Waals surface area (Å²) in [4.78, 5) is 25.8. The number of methoxy groups -OCH3 is 1. The molecule has 0 fully saturated rings. The van der Waals surface area contributed by atoms with Crippen LogP contribution in [0.2, 0.25) is 5.02 Å². The summed E-state index contributed by atoms with van der Waals surface area (Å²) in [6, 6.07) is 5.21. The van der Waals surface area contributed by atoms with Crippen LogP contribution < -0.4 is 0 Å². The number of nitrogens with one attached hydrogen (secondary N) is 1. The molecule has 0 atom stereocenters. The van der Waals surface area contributed by atoms with Crippen molar-refractivity contribution in [3.05, 3.63) is 35.0 Å². The minimum atomic E-state index is -0.550. The van der Waals surface area contributed by atoms with Crippen molar-refractivity contribution in [2.24, 2.45) is 0 Å². The molecule has 17 heavy (non-hydrogen) atoms. The van der Waals surface area contributed by atoms with Crippen LogP contribution in [0.15, 0.2) is 24.4 Å². The quantitative estimate of drug-likeness (QED) is 0.518. The second kappa shape index (κ2) is 4.59. The molecule has 0 aliphatic carbocycles. The topological polar surface area (TPSA) is 59.2 Å². The molecular formula is C12H10ClNO3. The molecule has 1 aromatic heterocycles. The molecule has 0 saturated carbocycles. The lowest BCUT2D eigenvalue weighted by Gasteiger charge is -1.98. The first-order chi connectivity index (χ1) is 8.11. The number of rotatable bonds is 3. The predicted molar refractivity (Wildman–Crippen MR) is 64.3 cm³/mol. The molecule has 88 valence electrons. The molecule has 0 saturated heterocycles. The number of ketones is 1. The van der Waals surface area contributed by atoms with Gasteiger partial charge in [0.25, 0.3) is 0 Å². The zero-order valence-corrected chi connectivity index (χ0v) is 9.88. The van der Waals surface area contributed by atoms with E-state index in [1.807, 2.05) is 0 Å². The third kappa shape index (κ3) is 2.31. The van der Waals surface area contributed by atoms with E-state index in [0.29, 0.717) is 16.0 Å². The molecular weight excluding hydrogens is 242 g/mol. The maximum atomic E-state index is 11.8. The summed E-state index contributed by atoms with van der Waals surface area (Å²) >= 11 is 5.87. The Hall–Kier alpha value is -1.81. The van der Waals surface area contributed by atoms with Crippen molar-refractivity contribution in [2.45, 2.75) is 6.42 Å². The Morgan fingerprint density at radius 1 is 1.41 bits per heavy atom. The number of Topliss-reactive ketones (excluding diaryl/α,β-unsaturated/α-hetero) is 1. The number of hydrogen-bond donors (Lipinski definition) is 1. The van der Waals surface area contributed by atoms with Gasteiger partial charge < -0.3 is 9.72 Å². The molecule has 1 aromatic carbocycles. The van der Waals surface area contributed by atoms with Gasteiger partial charge in [-0.15, -0.1) is 0 Å². The Balaban J connectivity index is 2.38. The van der Waals surface area contributed by atoms with Gasteiger partial charge in [0, 0.05) is 27.7 Å². The molecule has 1 heterocycles. The first-order valence-electron chi connectivity index (χ1n) is 4.98. The average molecular weight is 252 g/mol. The first kappa shape index (κ1) is 11.7. The van der Waals surface area contributed by atoms with Crippen LogP contribution in [0.5, 0.6) is 0 Å². The van der Waals surface area contributed by atoms with Crippen LogP contribution in [0, 0.1) is 0 Å². The molecule has 0 unspecified atom stereocenters. The fourth-order valence-electron chi connectivity index (χ4n) is 1.62. The number of ether oxygens (including phenoxy) is 1. The van der Waals surface area contributed by atoms with E-state index in [4.69, 9.17) is 11.6 Å². The van der Waals surface area contributed by atoms with Crippen molar-refractivity contribution in [1.29, 1.82) is 0 Å². The summed E-state index contributed by atoms with van der Waals surface area (Å²) in [5.74, 6) is -0.836.